The normalized spacial score (nSPS) is 21.2. The summed E-state index contributed by atoms with van der Waals surface area (Å²) in [6.07, 6.45) is 8.56. The van der Waals surface area contributed by atoms with Crippen molar-refractivity contribution in [3.63, 3.8) is 0 Å². The molecule has 2 aliphatic heterocycles. The first-order valence-electron chi connectivity index (χ1n) is 10.6. The largest absolute Gasteiger partial charge is 0.491 e. The van der Waals surface area contributed by atoms with E-state index >= 15 is 0 Å². The van der Waals surface area contributed by atoms with E-state index in [0.29, 0.717) is 18.9 Å². The number of carbonyl (C=O) groups excluding carboxylic acids is 1. The van der Waals surface area contributed by atoms with E-state index in [0.717, 1.165) is 45.4 Å². The van der Waals surface area contributed by atoms with Crippen LogP contribution in [-0.4, -0.2) is 76.8 Å². The third kappa shape index (κ3) is 5.58. The Hall–Kier alpha value is -2.45. The summed E-state index contributed by atoms with van der Waals surface area (Å²) < 4.78 is 26.5. The number of ether oxygens (including phenoxy) is 2. The van der Waals surface area contributed by atoms with Crippen LogP contribution < -0.4 is 4.74 Å². The lowest BCUT2D eigenvalue weighted by atomic mass is 10.0. The van der Waals surface area contributed by atoms with Gasteiger partial charge in [-0.05, 0) is 50.1 Å². The molecule has 2 saturated heterocycles. The quantitative estimate of drug-likeness (QED) is 0.660. The van der Waals surface area contributed by atoms with Gasteiger partial charge in [0.15, 0.2) is 0 Å². The zero-order chi connectivity index (χ0) is 20.8. The molecule has 162 valence electrons. The molecule has 7 nitrogen and oxygen atoms in total. The number of halogens is 1. The second-order valence-corrected chi connectivity index (χ2v) is 7.97. The van der Waals surface area contributed by atoms with E-state index in [1.165, 1.54) is 12.1 Å². The zero-order valence-electron chi connectivity index (χ0n) is 17.2. The fourth-order valence-corrected chi connectivity index (χ4v) is 4.17. The molecule has 0 unspecified atom stereocenters. The molecule has 1 aromatic carbocycles. The van der Waals surface area contributed by atoms with Crippen molar-refractivity contribution in [2.45, 2.75) is 38.0 Å². The van der Waals surface area contributed by atoms with Gasteiger partial charge in [-0.1, -0.05) is 0 Å². The summed E-state index contributed by atoms with van der Waals surface area (Å²) in [5.41, 5.74) is 0. The summed E-state index contributed by atoms with van der Waals surface area (Å²) in [5, 5.41) is 0. The summed E-state index contributed by atoms with van der Waals surface area (Å²) >= 11 is 0. The minimum absolute atomic E-state index is 0.0617. The van der Waals surface area contributed by atoms with E-state index in [2.05, 4.69) is 14.5 Å². The second-order valence-electron chi connectivity index (χ2n) is 7.97. The molecule has 4 rings (SSSR count). The average Bonchev–Trinajstić information content (AvgIpc) is 3.28. The number of imidazole rings is 1. The number of hydrogen-bond acceptors (Lipinski definition) is 5. The Labute approximate surface area is 176 Å². The van der Waals surface area contributed by atoms with Gasteiger partial charge in [-0.3, -0.25) is 4.79 Å². The predicted octanol–water partition coefficient (Wildman–Crippen LogP) is 2.18. The Morgan fingerprint density at radius 2 is 1.97 bits per heavy atom. The lowest BCUT2D eigenvalue weighted by molar-refractivity contribution is -0.155. The van der Waals surface area contributed by atoms with Crippen LogP contribution in [0.5, 0.6) is 5.75 Å². The van der Waals surface area contributed by atoms with Crippen molar-refractivity contribution in [3.8, 4) is 5.75 Å². The number of benzene rings is 1. The Morgan fingerprint density at radius 3 is 2.70 bits per heavy atom. The maximum absolute atomic E-state index is 13.0. The summed E-state index contributed by atoms with van der Waals surface area (Å²) in [4.78, 5) is 21.0. The number of aromatic nitrogens is 2. The molecular formula is C22H29FN4O3. The van der Waals surface area contributed by atoms with Crippen molar-refractivity contribution in [2.75, 3.05) is 39.4 Å². The number of carbonyl (C=O) groups is 1. The number of nitrogens with zero attached hydrogens (tertiary/aromatic N) is 4. The molecule has 1 aromatic heterocycles. The molecule has 8 heteroatoms. The first kappa shape index (κ1) is 20.8. The topological polar surface area (TPSA) is 59.8 Å². The van der Waals surface area contributed by atoms with Crippen LogP contribution in [0.2, 0.25) is 0 Å². The number of aryl methyl sites for hydroxylation is 1. The molecule has 0 radical (unpaired) electrons. The molecule has 1 amide bonds. The number of amides is 1. The van der Waals surface area contributed by atoms with Gasteiger partial charge < -0.3 is 23.8 Å². The van der Waals surface area contributed by atoms with E-state index in [1.54, 1.807) is 12.1 Å². The Kier molecular flexibility index (Phi) is 6.96. The average molecular weight is 416 g/mol. The van der Waals surface area contributed by atoms with Gasteiger partial charge in [0.05, 0.1) is 12.9 Å². The molecule has 0 bridgehead atoms. The van der Waals surface area contributed by atoms with E-state index in [-0.39, 0.29) is 30.5 Å². The third-order valence-electron chi connectivity index (χ3n) is 5.86. The van der Waals surface area contributed by atoms with Crippen LogP contribution >= 0.6 is 0 Å². The summed E-state index contributed by atoms with van der Waals surface area (Å²) in [6.45, 7) is 5.07. The number of rotatable bonds is 8. The number of piperidine rings is 1. The highest BCUT2D eigenvalue weighted by Gasteiger charge is 2.33. The molecule has 3 heterocycles. The lowest BCUT2D eigenvalue weighted by Gasteiger charge is -2.42. The first-order valence-corrected chi connectivity index (χ1v) is 10.6. The maximum atomic E-state index is 13.0. The molecule has 0 spiro atoms. The highest BCUT2D eigenvalue weighted by molar-refractivity contribution is 5.78. The SMILES string of the molecule is O=C1CO[C@@H](COc2ccc(F)cc2)CN1C1CCN(CCCn2ccnc2)CC1. The van der Waals surface area contributed by atoms with E-state index < -0.39 is 0 Å². The molecule has 30 heavy (non-hydrogen) atoms. The lowest BCUT2D eigenvalue weighted by Crippen LogP contribution is -2.55. The monoisotopic (exact) mass is 416 g/mol. The van der Waals surface area contributed by atoms with Gasteiger partial charge in [0.1, 0.15) is 30.9 Å². The van der Waals surface area contributed by atoms with Crippen LogP contribution in [0.15, 0.2) is 43.0 Å². The van der Waals surface area contributed by atoms with Crippen LogP contribution in [0.1, 0.15) is 19.3 Å². The summed E-state index contributed by atoms with van der Waals surface area (Å²) in [5.74, 6) is 0.375. The van der Waals surface area contributed by atoms with E-state index in [4.69, 9.17) is 9.47 Å². The standard InChI is InChI=1S/C22H29FN4O3/c23-18-2-4-20(5-3-18)29-15-21-14-27(22(28)16-30-21)19-6-11-25(12-7-19)9-1-10-26-13-8-24-17-26/h2-5,8,13,17,19,21H,1,6-7,9-12,14-16H2/t21-/m1/s1. The Bertz CT molecular complexity index is 791. The van der Waals surface area contributed by atoms with Gasteiger partial charge in [0.2, 0.25) is 5.91 Å². The fourth-order valence-electron chi connectivity index (χ4n) is 4.17. The first-order chi connectivity index (χ1) is 14.7. The van der Waals surface area contributed by atoms with Gasteiger partial charge in [-0.15, -0.1) is 0 Å². The molecular weight excluding hydrogens is 387 g/mol. The second kappa shape index (κ2) is 10.0. The van der Waals surface area contributed by atoms with Crippen LogP contribution in [0.3, 0.4) is 0 Å². The third-order valence-corrected chi connectivity index (χ3v) is 5.86. The molecule has 1 atom stereocenters. The van der Waals surface area contributed by atoms with Crippen molar-refractivity contribution < 1.29 is 18.7 Å². The van der Waals surface area contributed by atoms with Crippen LogP contribution in [-0.2, 0) is 16.1 Å². The van der Waals surface area contributed by atoms with Gasteiger partial charge in [0.25, 0.3) is 0 Å². The fraction of sp³-hybridized carbons (Fsp3) is 0.545. The smallest absolute Gasteiger partial charge is 0.248 e. The predicted molar refractivity (Wildman–Crippen MR) is 110 cm³/mol. The Morgan fingerprint density at radius 1 is 1.17 bits per heavy atom. The molecule has 0 N–H and O–H groups in total. The minimum atomic E-state index is -0.291. The summed E-state index contributed by atoms with van der Waals surface area (Å²) in [6, 6.07) is 6.21. The van der Waals surface area contributed by atoms with E-state index in [1.807, 2.05) is 23.6 Å². The van der Waals surface area contributed by atoms with Gasteiger partial charge >= 0.3 is 0 Å². The van der Waals surface area contributed by atoms with Crippen molar-refractivity contribution >= 4 is 5.91 Å². The van der Waals surface area contributed by atoms with Crippen molar-refractivity contribution in [1.82, 2.24) is 19.4 Å². The van der Waals surface area contributed by atoms with Gasteiger partial charge in [-0.2, -0.15) is 0 Å². The molecule has 2 fully saturated rings. The molecule has 2 aliphatic rings. The van der Waals surface area contributed by atoms with E-state index in [9.17, 15) is 9.18 Å². The molecule has 0 aliphatic carbocycles. The number of morpholine rings is 1. The highest BCUT2D eigenvalue weighted by Crippen LogP contribution is 2.21. The van der Waals surface area contributed by atoms with Gasteiger partial charge in [-0.25, -0.2) is 9.37 Å². The van der Waals surface area contributed by atoms with Crippen LogP contribution in [0.25, 0.3) is 0 Å². The zero-order valence-corrected chi connectivity index (χ0v) is 17.2. The Balaban J connectivity index is 1.20. The highest BCUT2D eigenvalue weighted by atomic mass is 19.1. The number of hydrogen-bond donors (Lipinski definition) is 0. The number of likely N-dealkylation sites (tertiary alicyclic amines) is 1. The van der Waals surface area contributed by atoms with Crippen molar-refractivity contribution in [2.24, 2.45) is 0 Å². The summed E-state index contributed by atoms with van der Waals surface area (Å²) in [7, 11) is 0. The van der Waals surface area contributed by atoms with Crippen LogP contribution in [0.4, 0.5) is 4.39 Å². The molecule has 0 saturated carbocycles. The minimum Gasteiger partial charge on any atom is -0.491 e. The molecule has 2 aromatic rings. The maximum Gasteiger partial charge on any atom is 0.248 e. The van der Waals surface area contributed by atoms with Gasteiger partial charge in [0, 0.05) is 38.1 Å². The van der Waals surface area contributed by atoms with Crippen LogP contribution in [0, 0.1) is 5.82 Å². The van der Waals surface area contributed by atoms with Crippen molar-refractivity contribution in [1.29, 1.82) is 0 Å². The van der Waals surface area contributed by atoms with Crippen molar-refractivity contribution in [3.05, 3.63) is 48.8 Å².